The van der Waals surface area contributed by atoms with Crippen molar-refractivity contribution in [2.24, 2.45) is 0 Å². The molecule has 1 saturated carbocycles. The molecule has 1 N–H and O–H groups in total. The van der Waals surface area contributed by atoms with E-state index in [-0.39, 0.29) is 12.5 Å². The number of likely N-dealkylation sites (N-methyl/N-ethyl adjacent to an activating group) is 1. The Bertz CT molecular complexity index is 825. The number of hydrogen-bond acceptors (Lipinski definition) is 6. The zero-order valence-electron chi connectivity index (χ0n) is 16.2. The van der Waals surface area contributed by atoms with Gasteiger partial charge in [0.2, 0.25) is 11.7 Å². The lowest BCUT2D eigenvalue weighted by atomic mass is 9.80. The zero-order chi connectivity index (χ0) is 20.1. The van der Waals surface area contributed by atoms with Crippen molar-refractivity contribution >= 4 is 11.9 Å². The van der Waals surface area contributed by atoms with Crippen LogP contribution in [0.1, 0.15) is 61.1 Å². The van der Waals surface area contributed by atoms with Gasteiger partial charge < -0.3 is 19.3 Å². The Labute approximate surface area is 163 Å². The molecule has 0 radical (unpaired) electrons. The fraction of sp³-hybridized carbons (Fsp3) is 0.500. The number of carboxylic acids is 1. The number of hydrogen-bond donors (Lipinski definition) is 1. The van der Waals surface area contributed by atoms with E-state index in [0.29, 0.717) is 42.3 Å². The van der Waals surface area contributed by atoms with E-state index in [9.17, 15) is 14.7 Å². The molecule has 0 aliphatic heterocycles. The SMILES string of the molecule is CCc1nc(COc2ccc(C(=O)N(C)C3(C(=O)O)CCCCC3)cc2)no1. The summed E-state index contributed by atoms with van der Waals surface area (Å²) in [6.07, 6.45) is 4.25. The standard InChI is InChI=1S/C20H25N3O5/c1-3-17-21-16(22-28-17)13-27-15-9-7-14(8-10-15)18(24)23(2)20(19(25)26)11-5-4-6-12-20/h7-10H,3-6,11-13H2,1-2H3,(H,25,26). The summed E-state index contributed by atoms with van der Waals surface area (Å²) in [4.78, 5) is 30.3. The number of aromatic nitrogens is 2. The molecule has 1 aromatic heterocycles. The quantitative estimate of drug-likeness (QED) is 0.778. The zero-order valence-corrected chi connectivity index (χ0v) is 16.2. The van der Waals surface area contributed by atoms with Crippen LogP contribution in [0.3, 0.4) is 0 Å². The van der Waals surface area contributed by atoms with Crippen LogP contribution in [0.2, 0.25) is 0 Å². The van der Waals surface area contributed by atoms with E-state index in [1.165, 1.54) is 4.90 Å². The van der Waals surface area contributed by atoms with Gasteiger partial charge in [-0.15, -0.1) is 0 Å². The van der Waals surface area contributed by atoms with Gasteiger partial charge in [-0.3, -0.25) is 4.79 Å². The highest BCUT2D eigenvalue weighted by molar-refractivity contribution is 5.97. The third kappa shape index (κ3) is 4.00. The molecule has 1 amide bonds. The second-order valence-electron chi connectivity index (χ2n) is 7.03. The predicted octanol–water partition coefficient (Wildman–Crippen LogP) is 3.07. The maximum Gasteiger partial charge on any atom is 0.329 e. The first-order valence-electron chi connectivity index (χ1n) is 9.52. The minimum Gasteiger partial charge on any atom is -0.485 e. The highest BCUT2D eigenvalue weighted by Gasteiger charge is 2.45. The predicted molar refractivity (Wildman–Crippen MR) is 100.0 cm³/mol. The van der Waals surface area contributed by atoms with Gasteiger partial charge in [0.1, 0.15) is 11.3 Å². The van der Waals surface area contributed by atoms with Crippen molar-refractivity contribution in [3.63, 3.8) is 0 Å². The Morgan fingerprint density at radius 1 is 1.21 bits per heavy atom. The van der Waals surface area contributed by atoms with Gasteiger partial charge in [0.05, 0.1) is 0 Å². The Morgan fingerprint density at radius 3 is 2.46 bits per heavy atom. The molecule has 8 heteroatoms. The lowest BCUT2D eigenvalue weighted by molar-refractivity contribution is -0.151. The van der Waals surface area contributed by atoms with E-state index < -0.39 is 11.5 Å². The van der Waals surface area contributed by atoms with E-state index in [0.717, 1.165) is 19.3 Å². The highest BCUT2D eigenvalue weighted by Crippen LogP contribution is 2.34. The first-order chi connectivity index (χ1) is 13.5. The summed E-state index contributed by atoms with van der Waals surface area (Å²) in [5.74, 6) is 0.332. The second-order valence-corrected chi connectivity index (χ2v) is 7.03. The van der Waals surface area contributed by atoms with Gasteiger partial charge >= 0.3 is 5.97 Å². The minimum absolute atomic E-state index is 0.165. The third-order valence-corrected chi connectivity index (χ3v) is 5.31. The van der Waals surface area contributed by atoms with Gasteiger partial charge in [0, 0.05) is 19.0 Å². The van der Waals surface area contributed by atoms with E-state index in [2.05, 4.69) is 10.1 Å². The maximum absolute atomic E-state index is 12.9. The van der Waals surface area contributed by atoms with Gasteiger partial charge in [-0.05, 0) is 37.1 Å². The minimum atomic E-state index is -1.12. The van der Waals surface area contributed by atoms with Crippen LogP contribution in [0.15, 0.2) is 28.8 Å². The van der Waals surface area contributed by atoms with Gasteiger partial charge in [-0.25, -0.2) is 4.79 Å². The summed E-state index contributed by atoms with van der Waals surface area (Å²) in [7, 11) is 1.58. The summed E-state index contributed by atoms with van der Waals surface area (Å²) in [5.41, 5.74) is -0.700. The molecule has 1 aromatic carbocycles. The summed E-state index contributed by atoms with van der Waals surface area (Å²) in [6.45, 7) is 2.09. The van der Waals surface area contributed by atoms with Crippen molar-refractivity contribution < 1.29 is 24.0 Å². The third-order valence-electron chi connectivity index (χ3n) is 5.31. The summed E-state index contributed by atoms with van der Waals surface area (Å²) >= 11 is 0. The molecule has 1 aliphatic rings. The lowest BCUT2D eigenvalue weighted by Crippen LogP contribution is -2.56. The van der Waals surface area contributed by atoms with Crippen molar-refractivity contribution in [2.45, 2.75) is 57.6 Å². The Kier molecular flexibility index (Phi) is 5.96. The van der Waals surface area contributed by atoms with E-state index in [4.69, 9.17) is 9.26 Å². The number of carbonyl (C=O) groups is 2. The number of carboxylic acid groups (broad SMARTS) is 1. The van der Waals surface area contributed by atoms with Crippen LogP contribution < -0.4 is 4.74 Å². The van der Waals surface area contributed by atoms with Gasteiger partial charge in [0.15, 0.2) is 6.61 Å². The number of aryl methyl sites for hydroxylation is 1. The first-order valence-corrected chi connectivity index (χ1v) is 9.52. The molecule has 28 heavy (non-hydrogen) atoms. The number of rotatable bonds is 7. The molecular formula is C20H25N3O5. The fourth-order valence-electron chi connectivity index (χ4n) is 3.55. The number of amides is 1. The Balaban J connectivity index is 1.66. The average molecular weight is 387 g/mol. The molecule has 1 aliphatic carbocycles. The summed E-state index contributed by atoms with van der Waals surface area (Å²) < 4.78 is 10.6. The lowest BCUT2D eigenvalue weighted by Gasteiger charge is -2.41. The molecule has 150 valence electrons. The fourth-order valence-corrected chi connectivity index (χ4v) is 3.55. The molecule has 1 fully saturated rings. The highest BCUT2D eigenvalue weighted by atomic mass is 16.5. The first kappa shape index (κ1) is 19.9. The summed E-state index contributed by atoms with van der Waals surface area (Å²) in [6, 6.07) is 6.63. The van der Waals surface area contributed by atoms with Crippen LogP contribution in [-0.4, -0.2) is 44.6 Å². The molecule has 0 saturated heterocycles. The van der Waals surface area contributed by atoms with Crippen molar-refractivity contribution in [3.05, 3.63) is 41.5 Å². The Morgan fingerprint density at radius 2 is 1.89 bits per heavy atom. The summed E-state index contributed by atoms with van der Waals surface area (Å²) in [5, 5.41) is 13.6. The van der Waals surface area contributed by atoms with Crippen LogP contribution in [-0.2, 0) is 17.8 Å². The Hall–Kier alpha value is -2.90. The number of nitrogens with zero attached hydrogens (tertiary/aromatic N) is 3. The smallest absolute Gasteiger partial charge is 0.329 e. The van der Waals surface area contributed by atoms with Crippen molar-refractivity contribution in [3.8, 4) is 5.75 Å². The molecule has 1 heterocycles. The normalized spacial score (nSPS) is 15.8. The van der Waals surface area contributed by atoms with Crippen molar-refractivity contribution in [1.82, 2.24) is 15.0 Å². The average Bonchev–Trinajstić information content (AvgIpc) is 3.20. The largest absolute Gasteiger partial charge is 0.485 e. The van der Waals surface area contributed by atoms with Crippen LogP contribution in [0.4, 0.5) is 0 Å². The monoisotopic (exact) mass is 387 g/mol. The van der Waals surface area contributed by atoms with Crippen LogP contribution in [0.25, 0.3) is 0 Å². The van der Waals surface area contributed by atoms with E-state index in [1.807, 2.05) is 6.92 Å². The van der Waals surface area contributed by atoms with Crippen molar-refractivity contribution in [2.75, 3.05) is 7.05 Å². The molecule has 3 rings (SSSR count). The van der Waals surface area contributed by atoms with E-state index >= 15 is 0 Å². The van der Waals surface area contributed by atoms with Gasteiger partial charge in [-0.1, -0.05) is 31.3 Å². The molecule has 2 aromatic rings. The van der Waals surface area contributed by atoms with Crippen molar-refractivity contribution in [1.29, 1.82) is 0 Å². The van der Waals surface area contributed by atoms with Gasteiger partial charge in [-0.2, -0.15) is 4.98 Å². The van der Waals surface area contributed by atoms with Crippen LogP contribution in [0.5, 0.6) is 5.75 Å². The maximum atomic E-state index is 12.9. The van der Waals surface area contributed by atoms with Gasteiger partial charge in [0.25, 0.3) is 5.91 Å². The molecule has 8 nitrogen and oxygen atoms in total. The molecule has 0 atom stereocenters. The molecular weight excluding hydrogens is 362 g/mol. The number of carbonyl (C=O) groups excluding carboxylic acids is 1. The number of aliphatic carboxylic acids is 1. The molecule has 0 bridgehead atoms. The van der Waals surface area contributed by atoms with Crippen LogP contribution in [0, 0.1) is 0 Å². The molecule has 0 spiro atoms. The topological polar surface area (TPSA) is 106 Å². The number of ether oxygens (including phenoxy) is 1. The van der Waals surface area contributed by atoms with Crippen LogP contribution >= 0.6 is 0 Å². The second kappa shape index (κ2) is 8.41. The van der Waals surface area contributed by atoms with E-state index in [1.54, 1.807) is 31.3 Å². The molecule has 0 unspecified atom stereocenters. The number of benzene rings is 1.